The number of rotatable bonds is 11. The van der Waals surface area contributed by atoms with Crippen LogP contribution >= 0.6 is 0 Å². The number of carbonyl (C=O) groups excluding carboxylic acids is 3. The molecule has 3 atom stereocenters. The van der Waals surface area contributed by atoms with Gasteiger partial charge >= 0.3 is 6.09 Å². The average molecular weight is 588 g/mol. The maximum atomic E-state index is 13.4. The first-order valence-corrected chi connectivity index (χ1v) is 15.7. The second kappa shape index (κ2) is 14.7. The minimum Gasteiger partial charge on any atom is -0.444 e. The van der Waals surface area contributed by atoms with Crippen LogP contribution in [0.4, 0.5) is 4.79 Å². The summed E-state index contributed by atoms with van der Waals surface area (Å²) in [6.07, 6.45) is 3.53. The molecule has 1 heterocycles. The first kappa shape index (κ1) is 35.6. The third-order valence-electron chi connectivity index (χ3n) is 8.16. The fourth-order valence-electron chi connectivity index (χ4n) is 5.68. The topological polar surface area (TPSA) is 99.2 Å². The van der Waals surface area contributed by atoms with Crippen molar-refractivity contribution >= 4 is 17.9 Å². The Bertz CT molecular complexity index is 1080. The first-order chi connectivity index (χ1) is 19.3. The van der Waals surface area contributed by atoms with Crippen LogP contribution in [0.1, 0.15) is 111 Å². The number of hydrogen-bond donors (Lipinski definition) is 2. The van der Waals surface area contributed by atoms with E-state index >= 15 is 0 Å². The normalized spacial score (nSPS) is 17.6. The van der Waals surface area contributed by atoms with Gasteiger partial charge in [0.05, 0.1) is 11.0 Å². The number of nitrogens with zero attached hydrogens (tertiary/aromatic N) is 2. The number of amides is 3. The van der Waals surface area contributed by atoms with E-state index in [-0.39, 0.29) is 23.9 Å². The molecule has 3 amide bonds. The highest BCUT2D eigenvalue weighted by Gasteiger charge is 2.33. The standard InChI is InChI=1S/C34H57N3O5/c1-11-24(2)22-34(10,41)23-26(4)35-30(39)33(8,9)28-20-25(3)19-27(21-28)13-14-29(38)36-15-12-16-37(18-17-36)31(40)42-32(5,6)7/h19-21,24,26,41H,11-18,22-23H2,1-10H3,(H,35,39)/t24?,26-,34+/m1/s1. The molecule has 1 unspecified atom stereocenters. The van der Waals surface area contributed by atoms with Crippen LogP contribution < -0.4 is 5.32 Å². The molecular weight excluding hydrogens is 530 g/mol. The molecule has 8 nitrogen and oxygen atoms in total. The van der Waals surface area contributed by atoms with Crippen molar-refractivity contribution in [1.82, 2.24) is 15.1 Å². The molecular formula is C34H57N3O5. The van der Waals surface area contributed by atoms with Crippen LogP contribution in [-0.4, -0.2) is 76.2 Å². The van der Waals surface area contributed by atoms with Gasteiger partial charge in [-0.1, -0.05) is 44.0 Å². The largest absolute Gasteiger partial charge is 0.444 e. The SMILES string of the molecule is CCC(C)C[C@](C)(O)C[C@@H](C)NC(=O)C(C)(C)c1cc(C)cc(CCC(=O)N2CCCN(C(=O)OC(C)(C)C)CC2)c1. The third-order valence-corrected chi connectivity index (χ3v) is 8.16. The molecule has 1 aliphatic rings. The van der Waals surface area contributed by atoms with Crippen molar-refractivity contribution < 1.29 is 24.2 Å². The van der Waals surface area contributed by atoms with Crippen molar-refractivity contribution in [3.8, 4) is 0 Å². The molecule has 1 fully saturated rings. The number of carbonyl (C=O) groups is 3. The molecule has 0 aromatic heterocycles. The minimum absolute atomic E-state index is 0.0689. The quantitative estimate of drug-likeness (QED) is 0.343. The number of nitrogens with one attached hydrogen (secondary N) is 1. The Kier molecular flexibility index (Phi) is 12.5. The average Bonchev–Trinajstić information content (AvgIpc) is 3.11. The van der Waals surface area contributed by atoms with Crippen LogP contribution in [0.3, 0.4) is 0 Å². The molecule has 1 aliphatic heterocycles. The summed E-state index contributed by atoms with van der Waals surface area (Å²) in [6.45, 7) is 21.6. The van der Waals surface area contributed by atoms with Crippen molar-refractivity contribution in [2.45, 2.75) is 130 Å². The van der Waals surface area contributed by atoms with Gasteiger partial charge in [0.2, 0.25) is 11.8 Å². The van der Waals surface area contributed by atoms with Crippen molar-refractivity contribution in [3.05, 3.63) is 34.9 Å². The van der Waals surface area contributed by atoms with E-state index < -0.39 is 16.6 Å². The van der Waals surface area contributed by atoms with Gasteiger partial charge in [-0.3, -0.25) is 9.59 Å². The van der Waals surface area contributed by atoms with Gasteiger partial charge in [0, 0.05) is 38.6 Å². The summed E-state index contributed by atoms with van der Waals surface area (Å²) in [5.74, 6) is 0.406. The van der Waals surface area contributed by atoms with E-state index in [2.05, 4.69) is 25.2 Å². The van der Waals surface area contributed by atoms with E-state index in [4.69, 9.17) is 4.74 Å². The predicted octanol–water partition coefficient (Wildman–Crippen LogP) is 5.76. The Labute approximate surface area is 254 Å². The summed E-state index contributed by atoms with van der Waals surface area (Å²) in [6, 6.07) is 5.98. The molecule has 0 radical (unpaired) electrons. The zero-order valence-corrected chi connectivity index (χ0v) is 27.9. The second-order valence-corrected chi connectivity index (χ2v) is 14.3. The van der Waals surface area contributed by atoms with Gasteiger partial charge < -0.3 is 25.0 Å². The maximum Gasteiger partial charge on any atom is 0.410 e. The Hall–Kier alpha value is -2.61. The van der Waals surface area contributed by atoms with Crippen LogP contribution in [0.15, 0.2) is 18.2 Å². The van der Waals surface area contributed by atoms with E-state index in [0.29, 0.717) is 64.2 Å². The first-order valence-electron chi connectivity index (χ1n) is 15.7. The highest BCUT2D eigenvalue weighted by molar-refractivity contribution is 5.87. The molecule has 1 saturated heterocycles. The lowest BCUT2D eigenvalue weighted by atomic mass is 9.81. The summed E-state index contributed by atoms with van der Waals surface area (Å²) in [4.78, 5) is 42.6. The molecule has 1 aromatic rings. The molecule has 0 spiro atoms. The smallest absolute Gasteiger partial charge is 0.410 e. The Morgan fingerprint density at radius 2 is 1.57 bits per heavy atom. The van der Waals surface area contributed by atoms with Gasteiger partial charge in [-0.2, -0.15) is 0 Å². The lowest BCUT2D eigenvalue weighted by Gasteiger charge is -2.32. The van der Waals surface area contributed by atoms with Crippen LogP contribution in [0.2, 0.25) is 0 Å². The Morgan fingerprint density at radius 3 is 2.19 bits per heavy atom. The van der Waals surface area contributed by atoms with Gasteiger partial charge in [-0.15, -0.1) is 0 Å². The molecule has 2 rings (SSSR count). The maximum absolute atomic E-state index is 13.4. The predicted molar refractivity (Wildman–Crippen MR) is 168 cm³/mol. The van der Waals surface area contributed by atoms with Crippen LogP contribution in [0.25, 0.3) is 0 Å². The summed E-state index contributed by atoms with van der Waals surface area (Å²) >= 11 is 0. The molecule has 0 saturated carbocycles. The van der Waals surface area contributed by atoms with E-state index in [1.807, 2.05) is 72.4 Å². The van der Waals surface area contributed by atoms with Crippen molar-refractivity contribution in [1.29, 1.82) is 0 Å². The van der Waals surface area contributed by atoms with Crippen LogP contribution in [-0.2, 0) is 26.2 Å². The molecule has 1 aromatic carbocycles. The van der Waals surface area contributed by atoms with E-state index in [1.165, 1.54) is 0 Å². The number of ether oxygens (including phenoxy) is 1. The summed E-state index contributed by atoms with van der Waals surface area (Å²) in [5, 5.41) is 14.0. The van der Waals surface area contributed by atoms with Gasteiger partial charge in [-0.05, 0) is 98.1 Å². The van der Waals surface area contributed by atoms with E-state index in [0.717, 1.165) is 23.1 Å². The molecule has 0 aliphatic carbocycles. The van der Waals surface area contributed by atoms with Crippen molar-refractivity contribution in [3.63, 3.8) is 0 Å². The number of aliphatic hydroxyl groups is 1. The number of hydrogen-bond acceptors (Lipinski definition) is 5. The number of aryl methyl sites for hydroxylation is 2. The third kappa shape index (κ3) is 11.2. The van der Waals surface area contributed by atoms with Crippen LogP contribution in [0.5, 0.6) is 0 Å². The summed E-state index contributed by atoms with van der Waals surface area (Å²) < 4.78 is 5.50. The Morgan fingerprint density at radius 1 is 0.952 bits per heavy atom. The number of benzene rings is 1. The molecule has 0 bridgehead atoms. The fourth-order valence-corrected chi connectivity index (χ4v) is 5.68. The summed E-state index contributed by atoms with van der Waals surface area (Å²) in [7, 11) is 0. The van der Waals surface area contributed by atoms with Crippen molar-refractivity contribution in [2.75, 3.05) is 26.2 Å². The van der Waals surface area contributed by atoms with E-state index in [9.17, 15) is 19.5 Å². The van der Waals surface area contributed by atoms with Gasteiger partial charge in [0.25, 0.3) is 0 Å². The van der Waals surface area contributed by atoms with Crippen LogP contribution in [0, 0.1) is 12.8 Å². The van der Waals surface area contributed by atoms with Gasteiger partial charge in [-0.25, -0.2) is 4.79 Å². The monoisotopic (exact) mass is 587 g/mol. The highest BCUT2D eigenvalue weighted by Crippen LogP contribution is 2.28. The summed E-state index contributed by atoms with van der Waals surface area (Å²) in [5.41, 5.74) is 0.808. The minimum atomic E-state index is -0.837. The zero-order valence-electron chi connectivity index (χ0n) is 27.9. The second-order valence-electron chi connectivity index (χ2n) is 14.3. The molecule has 238 valence electrons. The zero-order chi connectivity index (χ0) is 31.9. The molecule has 2 N–H and O–H groups in total. The van der Waals surface area contributed by atoms with Gasteiger partial charge in [0.1, 0.15) is 5.60 Å². The lowest BCUT2D eigenvalue weighted by Crippen LogP contribution is -2.47. The fraction of sp³-hybridized carbons (Fsp3) is 0.735. The van der Waals surface area contributed by atoms with Gasteiger partial charge in [0.15, 0.2) is 0 Å². The van der Waals surface area contributed by atoms with E-state index in [1.54, 1.807) is 4.90 Å². The Balaban J connectivity index is 2.00. The molecule has 8 heteroatoms. The highest BCUT2D eigenvalue weighted by atomic mass is 16.6. The molecule has 42 heavy (non-hydrogen) atoms. The van der Waals surface area contributed by atoms with Crippen molar-refractivity contribution in [2.24, 2.45) is 5.92 Å². The lowest BCUT2D eigenvalue weighted by molar-refractivity contribution is -0.131.